The summed E-state index contributed by atoms with van der Waals surface area (Å²) in [5.74, 6) is -0.111. The van der Waals surface area contributed by atoms with Crippen molar-refractivity contribution < 1.29 is 4.79 Å². The standard InChI is InChI=1S/C18H20N2O/c1-4-6-18(21)19-16-11-9-14(10-12-16)15-7-5-8-17(13-15)20(2)3/h4-13H,1-3H3,(H,19,21)/b6-4+. The van der Waals surface area contributed by atoms with Gasteiger partial charge in [-0.05, 0) is 48.4 Å². The van der Waals surface area contributed by atoms with Crippen LogP contribution in [-0.2, 0) is 4.79 Å². The van der Waals surface area contributed by atoms with Crippen LogP contribution in [0.1, 0.15) is 6.92 Å². The van der Waals surface area contributed by atoms with Crippen LogP contribution in [0.15, 0.2) is 60.7 Å². The molecule has 0 unspecified atom stereocenters. The summed E-state index contributed by atoms with van der Waals surface area (Å²) in [5, 5.41) is 2.82. The second kappa shape index (κ2) is 6.75. The van der Waals surface area contributed by atoms with Crippen molar-refractivity contribution in [2.75, 3.05) is 24.3 Å². The van der Waals surface area contributed by atoms with Gasteiger partial charge in [-0.1, -0.05) is 30.3 Å². The molecule has 108 valence electrons. The lowest BCUT2D eigenvalue weighted by molar-refractivity contribution is -0.111. The first kappa shape index (κ1) is 14.9. The van der Waals surface area contributed by atoms with Gasteiger partial charge in [0.1, 0.15) is 0 Å². The Labute approximate surface area is 125 Å². The highest BCUT2D eigenvalue weighted by Crippen LogP contribution is 2.25. The normalized spacial score (nSPS) is 10.6. The number of amides is 1. The molecule has 2 rings (SSSR count). The summed E-state index contributed by atoms with van der Waals surface area (Å²) in [6, 6.07) is 16.2. The molecule has 0 atom stereocenters. The monoisotopic (exact) mass is 280 g/mol. The Bertz CT molecular complexity index is 643. The molecule has 0 saturated carbocycles. The summed E-state index contributed by atoms with van der Waals surface area (Å²) in [6.07, 6.45) is 3.23. The third kappa shape index (κ3) is 3.96. The number of benzene rings is 2. The topological polar surface area (TPSA) is 32.3 Å². The van der Waals surface area contributed by atoms with Crippen LogP contribution in [-0.4, -0.2) is 20.0 Å². The van der Waals surface area contributed by atoms with Gasteiger partial charge in [0.25, 0.3) is 0 Å². The van der Waals surface area contributed by atoms with Crippen LogP contribution in [0.3, 0.4) is 0 Å². The van der Waals surface area contributed by atoms with E-state index in [1.54, 1.807) is 6.08 Å². The number of allylic oxidation sites excluding steroid dienone is 1. The van der Waals surface area contributed by atoms with Gasteiger partial charge in [0.2, 0.25) is 5.91 Å². The maximum absolute atomic E-state index is 11.5. The van der Waals surface area contributed by atoms with E-state index in [0.29, 0.717) is 0 Å². The number of rotatable bonds is 4. The van der Waals surface area contributed by atoms with E-state index < -0.39 is 0 Å². The lowest BCUT2D eigenvalue weighted by Crippen LogP contribution is -2.08. The molecule has 1 amide bonds. The number of carbonyl (C=O) groups is 1. The first-order chi connectivity index (χ1) is 10.1. The fourth-order valence-electron chi connectivity index (χ4n) is 2.04. The summed E-state index contributed by atoms with van der Waals surface area (Å²) in [4.78, 5) is 13.6. The minimum atomic E-state index is -0.111. The Hall–Kier alpha value is -2.55. The molecule has 0 heterocycles. The van der Waals surface area contributed by atoms with Crippen LogP contribution in [0.5, 0.6) is 0 Å². The van der Waals surface area contributed by atoms with Gasteiger partial charge in [-0.2, -0.15) is 0 Å². The summed E-state index contributed by atoms with van der Waals surface area (Å²) in [6.45, 7) is 1.82. The molecule has 0 aliphatic heterocycles. The second-order valence-electron chi connectivity index (χ2n) is 5.01. The van der Waals surface area contributed by atoms with Crippen LogP contribution in [0.25, 0.3) is 11.1 Å². The van der Waals surface area contributed by atoms with Crippen LogP contribution in [0, 0.1) is 0 Å². The number of hydrogen-bond donors (Lipinski definition) is 1. The Kier molecular flexibility index (Phi) is 4.77. The van der Waals surface area contributed by atoms with Gasteiger partial charge in [-0.25, -0.2) is 0 Å². The molecular formula is C18H20N2O. The average Bonchev–Trinajstić information content (AvgIpc) is 2.48. The quantitative estimate of drug-likeness (QED) is 0.860. The van der Waals surface area contributed by atoms with Gasteiger partial charge in [-0.3, -0.25) is 4.79 Å². The lowest BCUT2D eigenvalue weighted by Gasteiger charge is -2.13. The minimum Gasteiger partial charge on any atom is -0.378 e. The Morgan fingerprint density at radius 3 is 2.38 bits per heavy atom. The fraction of sp³-hybridized carbons (Fsp3) is 0.167. The number of anilines is 2. The molecule has 3 heteroatoms. The van der Waals surface area contributed by atoms with Crippen molar-refractivity contribution >= 4 is 17.3 Å². The van der Waals surface area contributed by atoms with Crippen LogP contribution in [0.2, 0.25) is 0 Å². The highest BCUT2D eigenvalue weighted by molar-refractivity contribution is 5.99. The maximum atomic E-state index is 11.5. The van der Waals surface area contributed by atoms with Crippen molar-refractivity contribution in [2.45, 2.75) is 6.92 Å². The molecular weight excluding hydrogens is 260 g/mol. The van der Waals surface area contributed by atoms with Crippen molar-refractivity contribution in [2.24, 2.45) is 0 Å². The smallest absolute Gasteiger partial charge is 0.248 e. The molecule has 1 N–H and O–H groups in total. The van der Waals surface area contributed by atoms with E-state index in [9.17, 15) is 4.79 Å². The van der Waals surface area contributed by atoms with E-state index in [1.165, 1.54) is 6.08 Å². The highest BCUT2D eigenvalue weighted by Gasteiger charge is 2.02. The van der Waals surface area contributed by atoms with Gasteiger partial charge in [0.05, 0.1) is 0 Å². The van der Waals surface area contributed by atoms with Gasteiger partial charge >= 0.3 is 0 Å². The predicted molar refractivity (Wildman–Crippen MR) is 89.6 cm³/mol. The number of nitrogens with one attached hydrogen (secondary N) is 1. The molecule has 0 spiro atoms. The fourth-order valence-corrected chi connectivity index (χ4v) is 2.04. The zero-order valence-corrected chi connectivity index (χ0v) is 12.6. The number of carbonyl (C=O) groups excluding carboxylic acids is 1. The predicted octanol–water partition coefficient (Wildman–Crippen LogP) is 3.93. The van der Waals surface area contributed by atoms with Crippen LogP contribution >= 0.6 is 0 Å². The van der Waals surface area contributed by atoms with Crippen molar-refractivity contribution in [3.63, 3.8) is 0 Å². The van der Waals surface area contributed by atoms with Gasteiger partial charge in [0.15, 0.2) is 0 Å². The van der Waals surface area contributed by atoms with E-state index in [0.717, 1.165) is 22.5 Å². The Morgan fingerprint density at radius 1 is 1.05 bits per heavy atom. The van der Waals surface area contributed by atoms with Crippen molar-refractivity contribution in [1.82, 2.24) is 0 Å². The van der Waals surface area contributed by atoms with Gasteiger partial charge in [-0.15, -0.1) is 0 Å². The minimum absolute atomic E-state index is 0.111. The Balaban J connectivity index is 2.19. The van der Waals surface area contributed by atoms with Crippen LogP contribution < -0.4 is 10.2 Å². The summed E-state index contributed by atoms with van der Waals surface area (Å²) < 4.78 is 0. The largest absolute Gasteiger partial charge is 0.378 e. The SMILES string of the molecule is C/C=C/C(=O)Nc1ccc(-c2cccc(N(C)C)c2)cc1. The third-order valence-corrected chi connectivity index (χ3v) is 3.17. The number of nitrogens with zero attached hydrogens (tertiary/aromatic N) is 1. The molecule has 0 bridgehead atoms. The summed E-state index contributed by atoms with van der Waals surface area (Å²) >= 11 is 0. The lowest BCUT2D eigenvalue weighted by atomic mass is 10.0. The van der Waals surface area contributed by atoms with Crippen molar-refractivity contribution in [1.29, 1.82) is 0 Å². The van der Waals surface area contributed by atoms with Crippen molar-refractivity contribution in [3.05, 3.63) is 60.7 Å². The third-order valence-electron chi connectivity index (χ3n) is 3.17. The molecule has 21 heavy (non-hydrogen) atoms. The average molecular weight is 280 g/mol. The first-order valence-corrected chi connectivity index (χ1v) is 6.91. The first-order valence-electron chi connectivity index (χ1n) is 6.91. The van der Waals surface area contributed by atoms with Gasteiger partial charge in [0, 0.05) is 25.5 Å². The summed E-state index contributed by atoms with van der Waals surface area (Å²) in [7, 11) is 4.05. The second-order valence-corrected chi connectivity index (χ2v) is 5.01. The molecule has 3 nitrogen and oxygen atoms in total. The van der Waals surface area contributed by atoms with Gasteiger partial charge < -0.3 is 10.2 Å². The molecule has 0 fully saturated rings. The van der Waals surface area contributed by atoms with Crippen LogP contribution in [0.4, 0.5) is 11.4 Å². The summed E-state index contributed by atoms with van der Waals surface area (Å²) in [5.41, 5.74) is 4.25. The zero-order chi connectivity index (χ0) is 15.2. The van der Waals surface area contributed by atoms with E-state index in [4.69, 9.17) is 0 Å². The van der Waals surface area contributed by atoms with Crippen molar-refractivity contribution in [3.8, 4) is 11.1 Å². The molecule has 0 aliphatic rings. The maximum Gasteiger partial charge on any atom is 0.248 e. The zero-order valence-electron chi connectivity index (χ0n) is 12.6. The number of hydrogen-bond acceptors (Lipinski definition) is 2. The molecule has 2 aromatic rings. The molecule has 0 radical (unpaired) electrons. The van der Waals surface area contributed by atoms with E-state index in [-0.39, 0.29) is 5.91 Å². The molecule has 0 saturated heterocycles. The van der Waals surface area contributed by atoms with E-state index >= 15 is 0 Å². The van der Waals surface area contributed by atoms with E-state index in [1.807, 2.05) is 51.4 Å². The molecule has 2 aromatic carbocycles. The molecule has 0 aromatic heterocycles. The van der Waals surface area contributed by atoms with E-state index in [2.05, 4.69) is 28.4 Å². The highest BCUT2D eigenvalue weighted by atomic mass is 16.1. The Morgan fingerprint density at radius 2 is 1.76 bits per heavy atom. The molecule has 0 aliphatic carbocycles.